The molecule has 3 N–H and O–H groups in total. The molecule has 0 saturated heterocycles. The van der Waals surface area contributed by atoms with Gasteiger partial charge in [0.05, 0.1) is 34.6 Å². The number of aromatic nitrogens is 4. The lowest BCUT2D eigenvalue weighted by atomic mass is 9.82. The molecule has 0 bridgehead atoms. The van der Waals surface area contributed by atoms with Gasteiger partial charge in [0.25, 0.3) is 0 Å². The van der Waals surface area contributed by atoms with E-state index in [-0.39, 0.29) is 34.6 Å². The summed E-state index contributed by atoms with van der Waals surface area (Å²) in [6, 6.07) is 2.55. The monoisotopic (exact) mass is 556 g/mol. The minimum atomic E-state index is -4.80. The molecule has 15 heteroatoms. The average Bonchev–Trinajstić information content (AvgIpc) is 3.23. The number of aldehydes is 1. The highest BCUT2D eigenvalue weighted by molar-refractivity contribution is 7.89. The zero-order valence-electron chi connectivity index (χ0n) is 20.2. The molecule has 0 atom stereocenters. The van der Waals surface area contributed by atoms with Crippen LogP contribution in [-0.4, -0.2) is 51.2 Å². The van der Waals surface area contributed by atoms with E-state index in [1.807, 2.05) is 0 Å². The number of anilines is 2. The predicted octanol–water partition coefficient (Wildman–Crippen LogP) is 3.27. The molecule has 1 aliphatic carbocycles. The van der Waals surface area contributed by atoms with Gasteiger partial charge < -0.3 is 15.2 Å². The Labute approximate surface area is 215 Å². The van der Waals surface area contributed by atoms with Crippen molar-refractivity contribution >= 4 is 27.9 Å². The van der Waals surface area contributed by atoms with Crippen molar-refractivity contribution < 1.29 is 35.9 Å². The SMILES string of the molecule is CC(C)(O)Cn1cc(-c2nc(Nc3ccc(S(=O)(=O)NC4CC(C=O)C4)cc3F)ncc2C(F)(F)F)cn1. The predicted molar refractivity (Wildman–Crippen MR) is 127 cm³/mol. The summed E-state index contributed by atoms with van der Waals surface area (Å²) in [5, 5.41) is 16.4. The molecule has 1 saturated carbocycles. The molecule has 1 aromatic carbocycles. The third-order valence-corrected chi connectivity index (χ3v) is 7.25. The second-order valence-electron chi connectivity index (χ2n) is 9.65. The van der Waals surface area contributed by atoms with Gasteiger partial charge in [0.15, 0.2) is 0 Å². The van der Waals surface area contributed by atoms with Gasteiger partial charge in [0, 0.05) is 29.9 Å². The minimum absolute atomic E-state index is 0.00664. The molecule has 1 fully saturated rings. The van der Waals surface area contributed by atoms with Crippen molar-refractivity contribution in [2.24, 2.45) is 5.92 Å². The number of nitrogens with zero attached hydrogens (tertiary/aromatic N) is 4. The first kappa shape index (κ1) is 27.6. The summed E-state index contributed by atoms with van der Waals surface area (Å²) in [6.07, 6.45) is -0.353. The van der Waals surface area contributed by atoms with Gasteiger partial charge in [-0.2, -0.15) is 18.3 Å². The van der Waals surface area contributed by atoms with Crippen LogP contribution in [0.2, 0.25) is 0 Å². The number of benzene rings is 1. The molecular weight excluding hydrogens is 532 g/mol. The molecule has 0 spiro atoms. The maximum Gasteiger partial charge on any atom is 0.419 e. The van der Waals surface area contributed by atoms with Crippen LogP contribution in [0, 0.1) is 11.7 Å². The van der Waals surface area contributed by atoms with Crippen molar-refractivity contribution in [1.82, 2.24) is 24.5 Å². The maximum absolute atomic E-state index is 14.8. The fourth-order valence-corrected chi connectivity index (χ4v) is 5.15. The van der Waals surface area contributed by atoms with Crippen LogP contribution in [-0.2, 0) is 27.5 Å². The highest BCUT2D eigenvalue weighted by Gasteiger charge is 2.36. The first-order valence-corrected chi connectivity index (χ1v) is 12.9. The lowest BCUT2D eigenvalue weighted by Gasteiger charge is -2.31. The number of halogens is 4. The van der Waals surface area contributed by atoms with Crippen molar-refractivity contribution in [3.63, 3.8) is 0 Å². The Morgan fingerprint density at radius 3 is 2.53 bits per heavy atom. The number of alkyl halides is 3. The van der Waals surface area contributed by atoms with Gasteiger partial charge in [-0.05, 0) is 44.9 Å². The van der Waals surface area contributed by atoms with Gasteiger partial charge >= 0.3 is 6.18 Å². The van der Waals surface area contributed by atoms with Crippen LogP contribution in [0.5, 0.6) is 0 Å². The smallest absolute Gasteiger partial charge is 0.389 e. The fraction of sp³-hybridized carbons (Fsp3) is 0.391. The van der Waals surface area contributed by atoms with Crippen LogP contribution >= 0.6 is 0 Å². The van der Waals surface area contributed by atoms with Crippen molar-refractivity contribution in [2.45, 2.75) is 55.9 Å². The standard InChI is InChI=1S/C23H24F4N6O4S/c1-22(2,35)12-33-10-14(8-29-33)20-17(23(25,26)27)9-28-21(31-20)30-19-4-3-16(7-18(19)24)38(36,37)32-15-5-13(6-15)11-34/h3-4,7-11,13,15,32,35H,5-6,12H2,1-2H3,(H,28,30,31). The maximum atomic E-state index is 14.8. The zero-order valence-corrected chi connectivity index (χ0v) is 21.0. The lowest BCUT2D eigenvalue weighted by Crippen LogP contribution is -2.44. The Morgan fingerprint density at radius 1 is 1.21 bits per heavy atom. The molecule has 10 nitrogen and oxygen atoms in total. The third kappa shape index (κ3) is 6.34. The lowest BCUT2D eigenvalue weighted by molar-refractivity contribution is -0.137. The van der Waals surface area contributed by atoms with Gasteiger partial charge in [-0.1, -0.05) is 0 Å². The zero-order chi connectivity index (χ0) is 27.9. The highest BCUT2D eigenvalue weighted by atomic mass is 32.2. The molecule has 4 rings (SSSR count). The summed E-state index contributed by atoms with van der Waals surface area (Å²) in [4.78, 5) is 17.9. The van der Waals surface area contributed by atoms with Crippen molar-refractivity contribution in [3.8, 4) is 11.3 Å². The Hall–Kier alpha value is -3.43. The molecule has 0 amide bonds. The van der Waals surface area contributed by atoms with E-state index in [4.69, 9.17) is 0 Å². The summed E-state index contributed by atoms with van der Waals surface area (Å²) in [5.41, 5.74) is -3.11. The second kappa shape index (κ2) is 10.0. The number of hydrogen-bond acceptors (Lipinski definition) is 8. The average molecular weight is 557 g/mol. The van der Waals surface area contributed by atoms with Crippen molar-refractivity contribution in [2.75, 3.05) is 5.32 Å². The molecule has 0 unspecified atom stereocenters. The van der Waals surface area contributed by atoms with E-state index in [9.17, 15) is 35.9 Å². The molecule has 204 valence electrons. The first-order valence-electron chi connectivity index (χ1n) is 11.4. The van der Waals surface area contributed by atoms with Crippen LogP contribution in [0.4, 0.5) is 29.2 Å². The molecule has 3 aromatic rings. The van der Waals surface area contributed by atoms with Crippen LogP contribution in [0.25, 0.3) is 11.3 Å². The highest BCUT2D eigenvalue weighted by Crippen LogP contribution is 2.36. The van der Waals surface area contributed by atoms with Gasteiger partial charge in [-0.3, -0.25) is 4.68 Å². The molecule has 1 aliphatic rings. The van der Waals surface area contributed by atoms with Gasteiger partial charge in [0.1, 0.15) is 17.7 Å². The largest absolute Gasteiger partial charge is 0.419 e. The molecule has 2 heterocycles. The molecule has 0 radical (unpaired) electrons. The van der Waals surface area contributed by atoms with Crippen molar-refractivity contribution in [3.05, 3.63) is 48.2 Å². The number of sulfonamides is 1. The first-order chi connectivity index (χ1) is 17.6. The summed E-state index contributed by atoms with van der Waals surface area (Å²) in [7, 11) is -4.06. The number of carbonyl (C=O) groups is 1. The van der Waals surface area contributed by atoms with Crippen LogP contribution in [0.15, 0.2) is 41.7 Å². The van der Waals surface area contributed by atoms with Crippen LogP contribution in [0.1, 0.15) is 32.3 Å². The normalized spacial score (nSPS) is 18.2. The molecule has 38 heavy (non-hydrogen) atoms. The quantitative estimate of drug-likeness (QED) is 0.270. The third-order valence-electron chi connectivity index (χ3n) is 5.74. The molecule has 2 aromatic heterocycles. The van der Waals surface area contributed by atoms with E-state index in [2.05, 4.69) is 25.1 Å². The number of aliphatic hydroxyl groups is 1. The van der Waals surface area contributed by atoms with E-state index < -0.39 is 44.9 Å². The van der Waals surface area contributed by atoms with E-state index in [0.29, 0.717) is 19.0 Å². The number of carbonyl (C=O) groups excluding carboxylic acids is 1. The Morgan fingerprint density at radius 2 is 1.92 bits per heavy atom. The van der Waals surface area contributed by atoms with E-state index in [1.54, 1.807) is 0 Å². The van der Waals surface area contributed by atoms with E-state index >= 15 is 0 Å². The number of nitrogens with one attached hydrogen (secondary N) is 2. The topological polar surface area (TPSA) is 139 Å². The summed E-state index contributed by atoms with van der Waals surface area (Å²) in [6.45, 7) is 3.04. The van der Waals surface area contributed by atoms with E-state index in [1.165, 1.54) is 24.7 Å². The second-order valence-corrected chi connectivity index (χ2v) is 11.4. The molecular formula is C23H24F4N6O4S. The minimum Gasteiger partial charge on any atom is -0.389 e. The summed E-state index contributed by atoms with van der Waals surface area (Å²) < 4.78 is 84.5. The van der Waals surface area contributed by atoms with E-state index in [0.717, 1.165) is 30.7 Å². The Bertz CT molecular complexity index is 1450. The van der Waals surface area contributed by atoms with Crippen molar-refractivity contribution in [1.29, 1.82) is 0 Å². The number of rotatable bonds is 9. The van der Waals surface area contributed by atoms with Gasteiger partial charge in [-0.15, -0.1) is 0 Å². The summed E-state index contributed by atoms with van der Waals surface area (Å²) in [5.74, 6) is -1.59. The van der Waals surface area contributed by atoms with Crippen LogP contribution < -0.4 is 10.0 Å². The summed E-state index contributed by atoms with van der Waals surface area (Å²) >= 11 is 0. The Balaban J connectivity index is 1.58. The van der Waals surface area contributed by atoms with Gasteiger partial charge in [0.2, 0.25) is 16.0 Å². The molecule has 0 aliphatic heterocycles. The van der Waals surface area contributed by atoms with Crippen LogP contribution in [0.3, 0.4) is 0 Å². The Kier molecular flexibility index (Phi) is 7.29. The fourth-order valence-electron chi connectivity index (χ4n) is 3.88. The van der Waals surface area contributed by atoms with Gasteiger partial charge in [-0.25, -0.2) is 27.5 Å². The number of hydrogen-bond donors (Lipinski definition) is 3.